The number of ether oxygens (including phenoxy) is 1. The number of hydrogen-bond donors (Lipinski definition) is 2. The number of anilines is 2. The van der Waals surface area contributed by atoms with Gasteiger partial charge in [0.2, 0.25) is 11.8 Å². The molecule has 4 heterocycles. The highest BCUT2D eigenvalue weighted by Gasteiger charge is 2.43. The second kappa shape index (κ2) is 9.57. The van der Waals surface area contributed by atoms with Gasteiger partial charge in [-0.05, 0) is 43.7 Å². The molecule has 5 rings (SSSR count). The topological polar surface area (TPSA) is 105 Å². The van der Waals surface area contributed by atoms with Crippen molar-refractivity contribution >= 4 is 40.7 Å². The van der Waals surface area contributed by atoms with Crippen molar-refractivity contribution in [2.45, 2.75) is 25.9 Å². The van der Waals surface area contributed by atoms with E-state index < -0.39 is 11.6 Å². The van der Waals surface area contributed by atoms with Crippen LogP contribution in [0.5, 0.6) is 5.88 Å². The van der Waals surface area contributed by atoms with E-state index in [1.165, 1.54) is 12.3 Å². The van der Waals surface area contributed by atoms with Crippen LogP contribution in [0, 0.1) is 0 Å². The molecule has 1 amide bonds. The Bertz CT molecular complexity index is 1560. The van der Waals surface area contributed by atoms with Crippen LogP contribution < -0.4 is 20.5 Å². The molecule has 0 saturated heterocycles. The third kappa shape index (κ3) is 4.14. The maximum absolute atomic E-state index is 14.0. The summed E-state index contributed by atoms with van der Waals surface area (Å²) in [5.41, 5.74) is 3.62. The second-order valence-corrected chi connectivity index (χ2v) is 9.67. The number of carbonyl (C=O) groups excluding carboxylic acids is 1. The molecule has 1 atom stereocenters. The minimum atomic E-state index is -0.513. The van der Waals surface area contributed by atoms with Crippen molar-refractivity contribution < 1.29 is 9.53 Å². The number of fused-ring (bicyclic) bond motifs is 1. The maximum atomic E-state index is 14.0. The van der Waals surface area contributed by atoms with Crippen molar-refractivity contribution in [1.82, 2.24) is 19.5 Å². The van der Waals surface area contributed by atoms with E-state index in [2.05, 4.69) is 24.8 Å². The van der Waals surface area contributed by atoms with E-state index in [0.29, 0.717) is 33.7 Å². The van der Waals surface area contributed by atoms with Crippen LogP contribution in [0.15, 0.2) is 53.6 Å². The molecule has 37 heavy (non-hydrogen) atoms. The first-order valence-electron chi connectivity index (χ1n) is 11.6. The van der Waals surface area contributed by atoms with Crippen molar-refractivity contribution in [1.29, 1.82) is 0 Å². The Morgan fingerprint density at radius 2 is 1.84 bits per heavy atom. The van der Waals surface area contributed by atoms with Crippen LogP contribution in [0.25, 0.3) is 11.3 Å². The summed E-state index contributed by atoms with van der Waals surface area (Å²) in [6.07, 6.45) is 3.18. The lowest BCUT2D eigenvalue weighted by Crippen LogP contribution is -2.30. The van der Waals surface area contributed by atoms with Gasteiger partial charge in [-0.25, -0.2) is 4.98 Å². The van der Waals surface area contributed by atoms with Crippen molar-refractivity contribution in [3.63, 3.8) is 0 Å². The molecular weight excluding hydrogens is 515 g/mol. The van der Waals surface area contributed by atoms with Gasteiger partial charge < -0.3 is 19.6 Å². The number of aromatic amines is 1. The van der Waals surface area contributed by atoms with Crippen molar-refractivity contribution in [2.75, 3.05) is 24.4 Å². The zero-order valence-electron chi connectivity index (χ0n) is 20.5. The summed E-state index contributed by atoms with van der Waals surface area (Å²) in [7, 11) is 3.28. The minimum Gasteiger partial charge on any atom is -0.480 e. The van der Waals surface area contributed by atoms with Crippen molar-refractivity contribution in [3.05, 3.63) is 86.0 Å². The highest BCUT2D eigenvalue weighted by molar-refractivity contribution is 6.31. The number of nitrogens with one attached hydrogen (secondary N) is 2. The first-order chi connectivity index (χ1) is 17.7. The molecule has 4 aromatic rings. The van der Waals surface area contributed by atoms with E-state index in [9.17, 15) is 9.59 Å². The van der Waals surface area contributed by atoms with Gasteiger partial charge in [-0.15, -0.1) is 0 Å². The molecule has 1 aliphatic heterocycles. The lowest BCUT2D eigenvalue weighted by atomic mass is 10.0. The Morgan fingerprint density at radius 3 is 2.46 bits per heavy atom. The average molecular weight is 539 g/mol. The fourth-order valence-electron chi connectivity index (χ4n) is 4.74. The van der Waals surface area contributed by atoms with E-state index in [1.54, 1.807) is 37.4 Å². The monoisotopic (exact) mass is 538 g/mol. The van der Waals surface area contributed by atoms with Gasteiger partial charge in [0, 0.05) is 30.5 Å². The van der Waals surface area contributed by atoms with Crippen molar-refractivity contribution in [3.8, 4) is 17.1 Å². The zero-order chi connectivity index (χ0) is 26.4. The van der Waals surface area contributed by atoms with E-state index in [1.807, 2.05) is 32.0 Å². The van der Waals surface area contributed by atoms with E-state index >= 15 is 0 Å². The van der Waals surface area contributed by atoms with Crippen LogP contribution in [0.2, 0.25) is 10.0 Å². The molecule has 9 nitrogen and oxygen atoms in total. The fraction of sp³-hybridized carbons (Fsp3) is 0.231. The number of carbonyl (C=O) groups is 1. The van der Waals surface area contributed by atoms with Gasteiger partial charge in [0.15, 0.2) is 0 Å². The summed E-state index contributed by atoms with van der Waals surface area (Å²) in [4.78, 5) is 39.0. The number of aromatic nitrogens is 4. The Morgan fingerprint density at radius 1 is 1.11 bits per heavy atom. The number of H-pyrrole nitrogens is 1. The number of hydrogen-bond acceptors (Lipinski definition) is 6. The molecule has 0 radical (unpaired) electrons. The quantitative estimate of drug-likeness (QED) is 0.344. The first-order valence-corrected chi connectivity index (χ1v) is 12.3. The summed E-state index contributed by atoms with van der Waals surface area (Å²) >= 11 is 12.3. The molecule has 190 valence electrons. The van der Waals surface area contributed by atoms with Crippen LogP contribution in [0.3, 0.4) is 0 Å². The van der Waals surface area contributed by atoms with Crippen LogP contribution in [0.4, 0.5) is 11.6 Å². The molecule has 0 bridgehead atoms. The van der Waals surface area contributed by atoms with Crippen LogP contribution in [-0.2, 0) is 0 Å². The molecule has 1 aromatic carbocycles. The number of benzene rings is 1. The molecule has 2 N–H and O–H groups in total. The largest absolute Gasteiger partial charge is 0.480 e. The maximum Gasteiger partial charge on any atom is 0.266 e. The van der Waals surface area contributed by atoms with Gasteiger partial charge in [-0.3, -0.25) is 14.5 Å². The average Bonchev–Trinajstić information content (AvgIpc) is 3.41. The number of halogens is 2. The minimum absolute atomic E-state index is 0.00401. The van der Waals surface area contributed by atoms with Gasteiger partial charge in [0.1, 0.15) is 11.1 Å². The van der Waals surface area contributed by atoms with E-state index in [4.69, 9.17) is 27.9 Å². The number of methoxy groups -OCH3 is 1. The van der Waals surface area contributed by atoms with Crippen LogP contribution in [0.1, 0.15) is 47.5 Å². The van der Waals surface area contributed by atoms with Gasteiger partial charge in [-0.1, -0.05) is 35.3 Å². The van der Waals surface area contributed by atoms with Crippen LogP contribution in [-0.4, -0.2) is 39.6 Å². The summed E-state index contributed by atoms with van der Waals surface area (Å²) in [6, 6.07) is 10.1. The highest BCUT2D eigenvalue weighted by atomic mass is 35.5. The number of amides is 1. The van der Waals surface area contributed by atoms with Gasteiger partial charge in [0.05, 0.1) is 35.3 Å². The van der Waals surface area contributed by atoms with E-state index in [0.717, 1.165) is 17.0 Å². The Kier molecular flexibility index (Phi) is 6.43. The zero-order valence-corrected chi connectivity index (χ0v) is 22.1. The van der Waals surface area contributed by atoms with Gasteiger partial charge >= 0.3 is 0 Å². The molecule has 3 aromatic heterocycles. The Balaban J connectivity index is 1.77. The summed E-state index contributed by atoms with van der Waals surface area (Å²) in [6.45, 7) is 4.09. The van der Waals surface area contributed by atoms with E-state index in [-0.39, 0.29) is 17.0 Å². The number of nitrogens with zero attached hydrogens (tertiary/aromatic N) is 4. The third-order valence-corrected chi connectivity index (χ3v) is 6.84. The lowest BCUT2D eigenvalue weighted by Gasteiger charge is -2.29. The lowest BCUT2D eigenvalue weighted by molar-refractivity contribution is 0.0993. The summed E-state index contributed by atoms with van der Waals surface area (Å²) in [5, 5.41) is 3.49. The normalized spacial score (nSPS) is 14.8. The van der Waals surface area contributed by atoms with Gasteiger partial charge in [0.25, 0.3) is 11.5 Å². The molecule has 0 aliphatic carbocycles. The highest BCUT2D eigenvalue weighted by Crippen LogP contribution is 2.47. The molecule has 1 aliphatic rings. The fourth-order valence-corrected chi connectivity index (χ4v) is 5.04. The predicted octanol–water partition coefficient (Wildman–Crippen LogP) is 5.32. The molecule has 1 unspecified atom stereocenters. The third-order valence-electron chi connectivity index (χ3n) is 6.31. The first kappa shape index (κ1) is 24.9. The number of rotatable bonds is 6. The molecular formula is C26H24Cl2N6O3. The smallest absolute Gasteiger partial charge is 0.266 e. The van der Waals surface area contributed by atoms with Gasteiger partial charge in [-0.2, -0.15) is 4.98 Å². The standard InChI is InChI=1S/C26H24Cl2N6O3/c1-13(2)33-20(18-12-31-26(29-3)32-24(18)37-4)10-17-22(33)21(14-5-7-15(27)8-6-14)34(25(17)36)16-9-19(28)23(35)30-11-16/h5-13,21H,1-4H3,(H,30,35)(H,29,31,32). The summed E-state index contributed by atoms with van der Waals surface area (Å²) in [5.74, 6) is 0.578. The predicted molar refractivity (Wildman–Crippen MR) is 144 cm³/mol. The Labute approximate surface area is 223 Å². The van der Waals surface area contributed by atoms with Crippen molar-refractivity contribution in [2.24, 2.45) is 0 Å². The molecule has 0 spiro atoms. The molecule has 11 heteroatoms. The second-order valence-electron chi connectivity index (χ2n) is 8.82. The van der Waals surface area contributed by atoms with Crippen LogP contribution >= 0.6 is 23.2 Å². The summed E-state index contributed by atoms with van der Waals surface area (Å²) < 4.78 is 7.68. The number of pyridine rings is 1. The SMILES string of the molecule is CNc1ncc(-c2cc3c(n2C(C)C)C(c2ccc(Cl)cc2)N(c2c[nH]c(=O)c(Cl)c2)C3=O)c(OC)n1. The molecule has 0 fully saturated rings. The Hall–Kier alpha value is -3.82. The molecule has 0 saturated carbocycles.